The van der Waals surface area contributed by atoms with Gasteiger partial charge in [0.1, 0.15) is 0 Å². The molecule has 108 valence electrons. The molecule has 0 radical (unpaired) electrons. The van der Waals surface area contributed by atoms with E-state index >= 15 is 0 Å². The number of nitrogens with zero attached hydrogens (tertiary/aromatic N) is 1. The molecule has 20 heavy (non-hydrogen) atoms. The van der Waals surface area contributed by atoms with Crippen molar-refractivity contribution < 1.29 is 4.79 Å². The third-order valence-electron chi connectivity index (χ3n) is 4.80. The first kappa shape index (κ1) is 13.6. The zero-order chi connectivity index (χ0) is 14.2. The summed E-state index contributed by atoms with van der Waals surface area (Å²) < 4.78 is 0. The number of amides is 1. The van der Waals surface area contributed by atoms with Crippen molar-refractivity contribution in [3.05, 3.63) is 29.8 Å². The molecule has 0 spiro atoms. The molecular weight excluding hydrogens is 248 g/mol. The smallest absolute Gasteiger partial charge is 0.233 e. The van der Waals surface area contributed by atoms with Crippen LogP contribution in [0.25, 0.3) is 0 Å². The fourth-order valence-electron chi connectivity index (χ4n) is 3.28. The van der Waals surface area contributed by atoms with Gasteiger partial charge < -0.3 is 10.6 Å². The van der Waals surface area contributed by atoms with E-state index in [1.54, 1.807) is 0 Å². The highest BCUT2D eigenvalue weighted by Gasteiger charge is 2.44. The summed E-state index contributed by atoms with van der Waals surface area (Å²) in [5.74, 6) is 0.331. The summed E-state index contributed by atoms with van der Waals surface area (Å²) in [4.78, 5) is 15.1. The second-order valence-electron chi connectivity index (χ2n) is 6.54. The van der Waals surface area contributed by atoms with Crippen LogP contribution in [0.15, 0.2) is 24.3 Å². The summed E-state index contributed by atoms with van der Waals surface area (Å²) in [6, 6.07) is 8.60. The van der Waals surface area contributed by atoms with Gasteiger partial charge >= 0.3 is 0 Å². The maximum Gasteiger partial charge on any atom is 0.233 e. The number of anilines is 1. The van der Waals surface area contributed by atoms with Gasteiger partial charge in [0.2, 0.25) is 5.91 Å². The van der Waals surface area contributed by atoms with Crippen molar-refractivity contribution in [1.29, 1.82) is 0 Å². The average molecular weight is 272 g/mol. The van der Waals surface area contributed by atoms with Crippen molar-refractivity contribution in [1.82, 2.24) is 0 Å². The summed E-state index contributed by atoms with van der Waals surface area (Å²) in [7, 11) is 0. The molecule has 0 aliphatic heterocycles. The Kier molecular flexibility index (Phi) is 3.55. The molecule has 0 heterocycles. The van der Waals surface area contributed by atoms with Crippen LogP contribution in [0.2, 0.25) is 0 Å². The van der Waals surface area contributed by atoms with Gasteiger partial charge in [0.25, 0.3) is 0 Å². The van der Waals surface area contributed by atoms with Crippen LogP contribution in [0, 0.1) is 5.41 Å². The van der Waals surface area contributed by atoms with E-state index in [1.165, 1.54) is 12.8 Å². The Morgan fingerprint density at radius 1 is 1.25 bits per heavy atom. The lowest BCUT2D eigenvalue weighted by Gasteiger charge is -2.32. The van der Waals surface area contributed by atoms with E-state index in [2.05, 4.69) is 24.0 Å². The Hall–Kier alpha value is -1.35. The third kappa shape index (κ3) is 2.47. The van der Waals surface area contributed by atoms with Crippen molar-refractivity contribution in [3.8, 4) is 0 Å². The molecule has 0 atom stereocenters. The fraction of sp³-hybridized carbons (Fsp3) is 0.588. The molecule has 3 heteroatoms. The molecule has 3 rings (SSSR count). The normalized spacial score (nSPS) is 20.9. The van der Waals surface area contributed by atoms with E-state index < -0.39 is 0 Å². The zero-order valence-electron chi connectivity index (χ0n) is 12.3. The number of rotatable bonds is 4. The quantitative estimate of drug-likeness (QED) is 0.914. The molecular formula is C17H24N2O. The molecule has 2 aliphatic rings. The van der Waals surface area contributed by atoms with Gasteiger partial charge in [-0.1, -0.05) is 31.9 Å². The lowest BCUT2D eigenvalue weighted by atomic mass is 9.87. The molecule has 2 N–H and O–H groups in total. The zero-order valence-corrected chi connectivity index (χ0v) is 12.3. The summed E-state index contributed by atoms with van der Waals surface area (Å²) in [5.41, 5.74) is 7.66. The van der Waals surface area contributed by atoms with Crippen LogP contribution in [-0.2, 0) is 11.3 Å². The summed E-state index contributed by atoms with van der Waals surface area (Å²) in [5, 5.41) is 0. The van der Waals surface area contributed by atoms with E-state index in [4.69, 9.17) is 5.73 Å². The van der Waals surface area contributed by atoms with Gasteiger partial charge in [0.15, 0.2) is 0 Å². The largest absolute Gasteiger partial charge is 0.326 e. The van der Waals surface area contributed by atoms with Gasteiger partial charge in [-0.15, -0.1) is 0 Å². The second-order valence-corrected chi connectivity index (χ2v) is 6.54. The van der Waals surface area contributed by atoms with Crippen molar-refractivity contribution in [2.45, 2.75) is 58.0 Å². The van der Waals surface area contributed by atoms with E-state index in [9.17, 15) is 4.79 Å². The summed E-state index contributed by atoms with van der Waals surface area (Å²) in [6.07, 6.45) is 6.73. The van der Waals surface area contributed by atoms with Crippen LogP contribution in [0.1, 0.15) is 51.0 Å². The number of benzene rings is 1. The molecule has 1 aromatic carbocycles. The van der Waals surface area contributed by atoms with E-state index in [0.29, 0.717) is 18.5 Å². The maximum absolute atomic E-state index is 13.0. The Balaban J connectivity index is 1.86. The standard InChI is InChI=1S/C17H24N2O/c1-17(10-2-3-11-17)16(20)19(15-8-9-15)14-6-4-13(12-18)5-7-14/h4-7,15H,2-3,8-12,18H2,1H3. The minimum absolute atomic E-state index is 0.144. The van der Waals surface area contributed by atoms with Crippen LogP contribution >= 0.6 is 0 Å². The Labute approximate surface area is 121 Å². The second kappa shape index (κ2) is 5.21. The molecule has 2 fully saturated rings. The molecule has 2 saturated carbocycles. The number of carbonyl (C=O) groups excluding carboxylic acids is 1. The van der Waals surface area contributed by atoms with Crippen LogP contribution in [0.4, 0.5) is 5.69 Å². The van der Waals surface area contributed by atoms with Gasteiger partial charge in [-0.3, -0.25) is 4.79 Å². The van der Waals surface area contributed by atoms with Crippen LogP contribution in [0.3, 0.4) is 0 Å². The summed E-state index contributed by atoms with van der Waals surface area (Å²) in [6.45, 7) is 2.70. The van der Waals surface area contributed by atoms with E-state index in [1.807, 2.05) is 12.1 Å². The SMILES string of the molecule is CC1(C(=O)N(c2ccc(CN)cc2)C2CC2)CCCC1. The highest BCUT2D eigenvalue weighted by Crippen LogP contribution is 2.43. The molecule has 0 saturated heterocycles. The summed E-state index contributed by atoms with van der Waals surface area (Å²) >= 11 is 0. The van der Waals surface area contributed by atoms with Crippen molar-refractivity contribution >= 4 is 11.6 Å². The Morgan fingerprint density at radius 3 is 2.35 bits per heavy atom. The molecule has 0 aromatic heterocycles. The lowest BCUT2D eigenvalue weighted by Crippen LogP contribution is -2.42. The van der Waals surface area contributed by atoms with Crippen LogP contribution in [0.5, 0.6) is 0 Å². The van der Waals surface area contributed by atoms with Crippen LogP contribution in [-0.4, -0.2) is 11.9 Å². The maximum atomic E-state index is 13.0. The number of nitrogens with two attached hydrogens (primary N) is 1. The predicted octanol–water partition coefficient (Wildman–Crippen LogP) is 3.22. The van der Waals surface area contributed by atoms with Gasteiger partial charge in [-0.05, 0) is 43.4 Å². The minimum atomic E-state index is -0.144. The molecule has 3 nitrogen and oxygen atoms in total. The third-order valence-corrected chi connectivity index (χ3v) is 4.80. The van der Waals surface area contributed by atoms with Crippen molar-refractivity contribution in [2.75, 3.05) is 4.90 Å². The fourth-order valence-corrected chi connectivity index (χ4v) is 3.28. The lowest BCUT2D eigenvalue weighted by molar-refractivity contribution is -0.127. The van der Waals surface area contributed by atoms with Gasteiger partial charge in [-0.25, -0.2) is 0 Å². The highest BCUT2D eigenvalue weighted by atomic mass is 16.2. The highest BCUT2D eigenvalue weighted by molar-refractivity contribution is 5.98. The Morgan fingerprint density at radius 2 is 1.85 bits per heavy atom. The van der Waals surface area contributed by atoms with Gasteiger partial charge in [0, 0.05) is 23.7 Å². The monoisotopic (exact) mass is 272 g/mol. The number of carbonyl (C=O) groups is 1. The number of hydrogen-bond donors (Lipinski definition) is 1. The van der Waals surface area contributed by atoms with E-state index in [-0.39, 0.29) is 5.41 Å². The predicted molar refractivity (Wildman–Crippen MR) is 81.4 cm³/mol. The van der Waals surface area contributed by atoms with Crippen LogP contribution < -0.4 is 10.6 Å². The number of hydrogen-bond acceptors (Lipinski definition) is 2. The van der Waals surface area contributed by atoms with Gasteiger partial charge in [-0.2, -0.15) is 0 Å². The van der Waals surface area contributed by atoms with Crippen molar-refractivity contribution in [3.63, 3.8) is 0 Å². The molecule has 0 bridgehead atoms. The first-order chi connectivity index (χ1) is 9.64. The van der Waals surface area contributed by atoms with Gasteiger partial charge in [0.05, 0.1) is 0 Å². The molecule has 1 amide bonds. The van der Waals surface area contributed by atoms with E-state index in [0.717, 1.165) is 36.9 Å². The average Bonchev–Trinajstić information content (AvgIpc) is 3.20. The topological polar surface area (TPSA) is 46.3 Å². The molecule has 1 aromatic rings. The molecule has 2 aliphatic carbocycles. The van der Waals surface area contributed by atoms with Crippen molar-refractivity contribution in [2.24, 2.45) is 11.1 Å². The Bertz CT molecular complexity index is 484. The minimum Gasteiger partial charge on any atom is -0.326 e. The first-order valence-electron chi connectivity index (χ1n) is 7.77. The first-order valence-corrected chi connectivity index (χ1v) is 7.77. The molecule has 0 unspecified atom stereocenters.